The van der Waals surface area contributed by atoms with Crippen LogP contribution in [0.1, 0.15) is 46.0 Å². The number of fused-ring (bicyclic) bond motifs is 1. The Hall–Kier alpha value is -3.15. The number of carbonyl (C=O) groups excluding carboxylic acids is 3. The highest BCUT2D eigenvalue weighted by Gasteiger charge is 2.49. The lowest BCUT2D eigenvalue weighted by Gasteiger charge is -2.23. The molecule has 0 spiro atoms. The molecule has 1 saturated heterocycles. The molecule has 0 bridgehead atoms. The second-order valence-corrected chi connectivity index (χ2v) is 8.18. The van der Waals surface area contributed by atoms with Gasteiger partial charge in [0.1, 0.15) is 5.54 Å². The van der Waals surface area contributed by atoms with Crippen LogP contribution in [0.2, 0.25) is 0 Å². The fourth-order valence-electron chi connectivity index (χ4n) is 4.11. The van der Waals surface area contributed by atoms with Crippen LogP contribution in [0.25, 0.3) is 0 Å². The van der Waals surface area contributed by atoms with Crippen molar-refractivity contribution in [1.82, 2.24) is 15.1 Å². The molecule has 1 N–H and O–H groups in total. The van der Waals surface area contributed by atoms with E-state index in [9.17, 15) is 14.4 Å². The van der Waals surface area contributed by atoms with Crippen LogP contribution in [0.3, 0.4) is 0 Å². The number of hydrogen-bond donors (Lipinski definition) is 1. The number of urea groups is 1. The number of imide groups is 1. The number of hydrogen-bond acceptors (Lipinski definition) is 3. The van der Waals surface area contributed by atoms with Gasteiger partial charge in [-0.05, 0) is 60.6 Å². The Balaban J connectivity index is 1.55. The van der Waals surface area contributed by atoms with E-state index in [1.807, 2.05) is 6.07 Å². The van der Waals surface area contributed by atoms with Crippen LogP contribution in [-0.4, -0.2) is 41.7 Å². The standard InChI is InChI=1S/C23H25N3O3/c1-23(19-12-11-16-5-4-6-18(16)13-19)21(28)26(22(29)24-23)14-15-7-9-17(10-8-15)20(27)25(2)3/h7-13H,4-6,14H2,1-3H3,(H,24,29). The molecule has 2 aliphatic rings. The van der Waals surface area contributed by atoms with Crippen LogP contribution >= 0.6 is 0 Å². The highest BCUT2D eigenvalue weighted by molar-refractivity contribution is 6.07. The van der Waals surface area contributed by atoms with Gasteiger partial charge in [0.05, 0.1) is 6.54 Å². The number of nitrogens with zero attached hydrogens (tertiary/aromatic N) is 2. The summed E-state index contributed by atoms with van der Waals surface area (Å²) in [6.07, 6.45) is 3.22. The fraction of sp³-hybridized carbons (Fsp3) is 0.348. The normalized spacial score (nSPS) is 20.6. The Labute approximate surface area is 170 Å². The first kappa shape index (κ1) is 19.2. The molecule has 1 aliphatic heterocycles. The largest absolute Gasteiger partial charge is 0.345 e. The molecule has 0 saturated carbocycles. The Bertz CT molecular complexity index is 997. The summed E-state index contributed by atoms with van der Waals surface area (Å²) in [6.45, 7) is 1.93. The van der Waals surface area contributed by atoms with Gasteiger partial charge in [0.25, 0.3) is 11.8 Å². The molecule has 150 valence electrons. The minimum Gasteiger partial charge on any atom is -0.345 e. The van der Waals surface area contributed by atoms with Crippen molar-refractivity contribution in [2.45, 2.75) is 38.3 Å². The molecule has 1 unspecified atom stereocenters. The van der Waals surface area contributed by atoms with E-state index in [4.69, 9.17) is 0 Å². The summed E-state index contributed by atoms with van der Waals surface area (Å²) >= 11 is 0. The third kappa shape index (κ3) is 3.28. The third-order valence-corrected chi connectivity index (χ3v) is 5.90. The molecular formula is C23H25N3O3. The Morgan fingerprint density at radius 3 is 2.45 bits per heavy atom. The molecule has 0 radical (unpaired) electrons. The Morgan fingerprint density at radius 2 is 1.76 bits per heavy atom. The number of aryl methyl sites for hydroxylation is 2. The van der Waals surface area contributed by atoms with E-state index in [2.05, 4.69) is 17.4 Å². The molecule has 29 heavy (non-hydrogen) atoms. The van der Waals surface area contributed by atoms with E-state index in [-0.39, 0.29) is 18.4 Å². The van der Waals surface area contributed by atoms with Crippen molar-refractivity contribution in [3.63, 3.8) is 0 Å². The second kappa shape index (κ2) is 7.03. The van der Waals surface area contributed by atoms with Crippen LogP contribution < -0.4 is 5.32 Å². The van der Waals surface area contributed by atoms with Gasteiger partial charge in [0.2, 0.25) is 0 Å². The zero-order valence-electron chi connectivity index (χ0n) is 17.0. The predicted molar refractivity (Wildman–Crippen MR) is 109 cm³/mol. The van der Waals surface area contributed by atoms with Crippen molar-refractivity contribution in [3.8, 4) is 0 Å². The zero-order valence-corrected chi connectivity index (χ0v) is 17.0. The van der Waals surface area contributed by atoms with Crippen molar-refractivity contribution in [2.24, 2.45) is 0 Å². The summed E-state index contributed by atoms with van der Waals surface area (Å²) in [5.74, 6) is -0.343. The van der Waals surface area contributed by atoms with Crippen LogP contribution in [0, 0.1) is 0 Å². The Kier molecular flexibility index (Phi) is 4.65. The highest BCUT2D eigenvalue weighted by atomic mass is 16.2. The van der Waals surface area contributed by atoms with E-state index in [1.165, 1.54) is 20.9 Å². The van der Waals surface area contributed by atoms with Crippen molar-refractivity contribution in [3.05, 3.63) is 70.3 Å². The first-order valence-corrected chi connectivity index (χ1v) is 9.86. The van der Waals surface area contributed by atoms with Crippen LogP contribution in [0.4, 0.5) is 4.79 Å². The van der Waals surface area contributed by atoms with Gasteiger partial charge in [-0.2, -0.15) is 0 Å². The van der Waals surface area contributed by atoms with Crippen LogP contribution in [0.15, 0.2) is 42.5 Å². The average molecular weight is 391 g/mol. The van der Waals surface area contributed by atoms with Gasteiger partial charge in [0.15, 0.2) is 0 Å². The lowest BCUT2D eigenvalue weighted by atomic mass is 9.89. The minimum absolute atomic E-state index is 0.0873. The molecule has 2 aromatic rings. The van der Waals surface area contributed by atoms with Crippen LogP contribution in [-0.2, 0) is 29.7 Å². The molecule has 4 amide bonds. The molecule has 6 nitrogen and oxygen atoms in total. The van der Waals surface area contributed by atoms with E-state index in [0.29, 0.717) is 5.56 Å². The minimum atomic E-state index is -1.06. The number of rotatable bonds is 4. The van der Waals surface area contributed by atoms with Crippen LogP contribution in [0.5, 0.6) is 0 Å². The number of carbonyl (C=O) groups is 3. The lowest BCUT2D eigenvalue weighted by molar-refractivity contribution is -0.131. The van der Waals surface area contributed by atoms with E-state index in [0.717, 1.165) is 30.4 Å². The van der Waals surface area contributed by atoms with Gasteiger partial charge in [-0.15, -0.1) is 0 Å². The SMILES string of the molecule is CN(C)C(=O)c1ccc(CN2C(=O)NC(C)(c3ccc4c(c3)CCC4)C2=O)cc1. The summed E-state index contributed by atoms with van der Waals surface area (Å²) in [5.41, 5.74) is 3.73. The van der Waals surface area contributed by atoms with Gasteiger partial charge in [-0.25, -0.2) is 4.79 Å². The van der Waals surface area contributed by atoms with Gasteiger partial charge in [-0.1, -0.05) is 30.3 Å². The Morgan fingerprint density at radius 1 is 1.07 bits per heavy atom. The summed E-state index contributed by atoms with van der Waals surface area (Å²) in [7, 11) is 3.40. The zero-order chi connectivity index (χ0) is 20.8. The first-order valence-electron chi connectivity index (χ1n) is 9.86. The molecule has 4 rings (SSSR count). The highest BCUT2D eigenvalue weighted by Crippen LogP contribution is 2.33. The molecule has 6 heteroatoms. The maximum absolute atomic E-state index is 13.2. The van der Waals surface area contributed by atoms with E-state index >= 15 is 0 Å². The van der Waals surface area contributed by atoms with Gasteiger partial charge in [-0.3, -0.25) is 14.5 Å². The second-order valence-electron chi connectivity index (χ2n) is 8.18. The monoisotopic (exact) mass is 391 g/mol. The third-order valence-electron chi connectivity index (χ3n) is 5.90. The van der Waals surface area contributed by atoms with Gasteiger partial charge < -0.3 is 10.2 Å². The smallest absolute Gasteiger partial charge is 0.325 e. The average Bonchev–Trinajstić information content (AvgIpc) is 3.26. The molecular weight excluding hydrogens is 366 g/mol. The molecule has 1 fully saturated rings. The molecule has 1 atom stereocenters. The maximum atomic E-state index is 13.2. The molecule has 0 aromatic heterocycles. The summed E-state index contributed by atoms with van der Waals surface area (Å²) < 4.78 is 0. The molecule has 1 heterocycles. The summed E-state index contributed by atoms with van der Waals surface area (Å²) in [6, 6.07) is 12.7. The van der Waals surface area contributed by atoms with Gasteiger partial charge in [0, 0.05) is 19.7 Å². The fourth-order valence-corrected chi connectivity index (χ4v) is 4.11. The lowest BCUT2D eigenvalue weighted by Crippen LogP contribution is -2.40. The topological polar surface area (TPSA) is 69.7 Å². The number of amides is 4. The number of benzene rings is 2. The summed E-state index contributed by atoms with van der Waals surface area (Å²) in [4.78, 5) is 40.6. The summed E-state index contributed by atoms with van der Waals surface area (Å²) in [5, 5.41) is 2.88. The van der Waals surface area contributed by atoms with Crippen molar-refractivity contribution in [2.75, 3.05) is 14.1 Å². The van der Waals surface area contributed by atoms with Crippen molar-refractivity contribution >= 4 is 17.8 Å². The van der Waals surface area contributed by atoms with Crippen molar-refractivity contribution < 1.29 is 14.4 Å². The molecule has 2 aromatic carbocycles. The predicted octanol–water partition coefficient (Wildman–Crippen LogP) is 2.84. The van der Waals surface area contributed by atoms with Gasteiger partial charge >= 0.3 is 6.03 Å². The first-order chi connectivity index (χ1) is 13.8. The van der Waals surface area contributed by atoms with E-state index in [1.54, 1.807) is 45.3 Å². The number of nitrogens with one attached hydrogen (secondary N) is 1. The van der Waals surface area contributed by atoms with Crippen molar-refractivity contribution in [1.29, 1.82) is 0 Å². The maximum Gasteiger partial charge on any atom is 0.325 e. The quantitative estimate of drug-likeness (QED) is 0.815. The molecule has 1 aliphatic carbocycles. The van der Waals surface area contributed by atoms with E-state index < -0.39 is 11.6 Å².